The predicted octanol–water partition coefficient (Wildman–Crippen LogP) is 2.79. The average molecular weight is 823 g/mol. The van der Waals surface area contributed by atoms with Gasteiger partial charge in [0.1, 0.15) is 18.8 Å². The van der Waals surface area contributed by atoms with Gasteiger partial charge in [0.25, 0.3) is 0 Å². The molecule has 3 saturated heterocycles. The molecule has 5 N–H and O–H groups in total. The van der Waals surface area contributed by atoms with Crippen LogP contribution in [-0.4, -0.2) is 136 Å². The minimum absolute atomic E-state index is 0.0551. The molecule has 0 aromatic heterocycles. The standard InChI is InChI=1S/C43H66O15/c1-20-38(55-23(4)44)30(45)17-36(53-20)57-40-22(3)54-37(18-32(40)47)58-39-21(2)52-35(16-31(39)46)56-26-9-11-41(5)25(14-26)7-8-28-29(41)15-33(48)42(6)27(10-12-43(28,42)50)24-13-34(49)51-19-24/h13,20-22,25-33,35-40,45-48,50H,7-12,14-19H2,1-6H3/t20-,21-,22-,25?,26+,27-,28-,29+,30+,31+,32+,33?,35+,36+,37+,38-,39-,40-,41+,42+,43+/m1/s1. The second kappa shape index (κ2) is 16.2. The van der Waals surface area contributed by atoms with E-state index in [1.165, 1.54) is 6.92 Å². The number of carbonyl (C=O) groups excluding carboxylic acids is 2. The third-order valence-electron chi connectivity index (χ3n) is 16.2. The third kappa shape index (κ3) is 7.49. The molecular weight excluding hydrogens is 756 g/mol. The summed E-state index contributed by atoms with van der Waals surface area (Å²) in [4.78, 5) is 23.4. The van der Waals surface area contributed by atoms with Crippen molar-refractivity contribution in [3.8, 4) is 0 Å². The van der Waals surface area contributed by atoms with Crippen LogP contribution in [0.5, 0.6) is 0 Å². The first-order valence-electron chi connectivity index (χ1n) is 21.8. The van der Waals surface area contributed by atoms with E-state index in [9.17, 15) is 35.1 Å². The van der Waals surface area contributed by atoms with Crippen LogP contribution in [0, 0.1) is 34.5 Å². The number of ether oxygens (including phenoxy) is 8. The van der Waals surface area contributed by atoms with Crippen LogP contribution in [0.25, 0.3) is 0 Å². The Balaban J connectivity index is 0.823. The number of aliphatic hydroxyl groups excluding tert-OH is 4. The van der Waals surface area contributed by atoms with E-state index in [1.54, 1.807) is 19.9 Å². The Morgan fingerprint density at radius 3 is 1.83 bits per heavy atom. The summed E-state index contributed by atoms with van der Waals surface area (Å²) >= 11 is 0. The summed E-state index contributed by atoms with van der Waals surface area (Å²) < 4.78 is 47.6. The fraction of sp³-hybridized carbons (Fsp3) is 0.907. The normalized spacial score (nSPS) is 53.2. The van der Waals surface area contributed by atoms with Gasteiger partial charge in [-0.1, -0.05) is 13.8 Å². The highest BCUT2D eigenvalue weighted by Gasteiger charge is 2.71. The number of cyclic esters (lactones) is 1. The van der Waals surface area contributed by atoms with Crippen molar-refractivity contribution in [1.29, 1.82) is 0 Å². The Bertz CT molecular complexity index is 1520. The Hall–Kier alpha value is -1.76. The SMILES string of the molecule is CC(=O)O[C@H]1[C@@H](O)C[C@H](O[C@H]2[C@@H](O)C[C@H](O[C@H]3[C@@H](O)C[C@H](O[C@H]4CC[C@@]5(C)C(CC[C@@H]6[C@@H]5CC(O)[C@]5(C)[C@@H](C7=CC(=O)OC7)CC[C@]65O)C4)O[C@@H]3C)O[C@@H]2C)O[C@@H]1C. The highest BCUT2D eigenvalue weighted by Crippen LogP contribution is 2.70. The largest absolute Gasteiger partial charge is 0.458 e. The van der Waals surface area contributed by atoms with Crippen LogP contribution >= 0.6 is 0 Å². The molecule has 0 aromatic carbocycles. The number of fused-ring (bicyclic) bond motifs is 5. The molecule has 4 aliphatic carbocycles. The summed E-state index contributed by atoms with van der Waals surface area (Å²) in [6.45, 7) is 11.2. The number of hydrogen-bond acceptors (Lipinski definition) is 15. The van der Waals surface area contributed by atoms with Crippen LogP contribution in [0.4, 0.5) is 0 Å². The van der Waals surface area contributed by atoms with E-state index in [1.807, 2.05) is 13.8 Å². The number of rotatable bonds is 8. The smallest absolute Gasteiger partial charge is 0.331 e. The van der Waals surface area contributed by atoms with E-state index in [2.05, 4.69) is 6.92 Å². The Kier molecular flexibility index (Phi) is 12.0. The van der Waals surface area contributed by atoms with E-state index in [-0.39, 0.29) is 61.1 Å². The van der Waals surface area contributed by atoms with Crippen molar-refractivity contribution in [2.24, 2.45) is 34.5 Å². The van der Waals surface area contributed by atoms with Crippen molar-refractivity contribution >= 4 is 11.9 Å². The molecule has 0 radical (unpaired) electrons. The van der Waals surface area contributed by atoms with E-state index in [4.69, 9.17) is 37.9 Å². The Morgan fingerprint density at radius 1 is 0.724 bits per heavy atom. The van der Waals surface area contributed by atoms with Gasteiger partial charge >= 0.3 is 11.9 Å². The molecule has 21 atom stereocenters. The molecule has 7 fully saturated rings. The number of aliphatic hydroxyl groups is 5. The lowest BCUT2D eigenvalue weighted by molar-refractivity contribution is -0.336. The van der Waals surface area contributed by atoms with E-state index >= 15 is 0 Å². The first-order chi connectivity index (χ1) is 27.4. The third-order valence-corrected chi connectivity index (χ3v) is 16.2. The minimum atomic E-state index is -1.02. The van der Waals surface area contributed by atoms with Gasteiger partial charge < -0.3 is 63.4 Å². The second-order valence-electron chi connectivity index (χ2n) is 19.4. The van der Waals surface area contributed by atoms with Crippen molar-refractivity contribution in [2.45, 2.75) is 204 Å². The molecule has 4 aliphatic heterocycles. The molecule has 15 nitrogen and oxygen atoms in total. The lowest BCUT2D eigenvalue weighted by Gasteiger charge is -2.65. The molecule has 0 spiro atoms. The summed E-state index contributed by atoms with van der Waals surface area (Å²) in [6.07, 6.45) is -1.64. The molecule has 328 valence electrons. The summed E-state index contributed by atoms with van der Waals surface area (Å²) in [5.41, 5.74) is -0.916. The summed E-state index contributed by atoms with van der Waals surface area (Å²) in [5.74, 6) is -0.339. The van der Waals surface area contributed by atoms with Gasteiger partial charge in [-0.3, -0.25) is 4.79 Å². The highest BCUT2D eigenvalue weighted by molar-refractivity contribution is 5.85. The van der Waals surface area contributed by atoms with Gasteiger partial charge in [0, 0.05) is 37.7 Å². The molecular formula is C43H66O15. The molecule has 0 bridgehead atoms. The number of hydrogen-bond donors (Lipinski definition) is 5. The van der Waals surface area contributed by atoms with E-state index < -0.39 is 96.9 Å². The van der Waals surface area contributed by atoms with Crippen molar-refractivity contribution in [1.82, 2.24) is 0 Å². The van der Waals surface area contributed by atoms with Gasteiger partial charge in [0.2, 0.25) is 0 Å². The van der Waals surface area contributed by atoms with Gasteiger partial charge in [-0.05, 0) is 107 Å². The minimum Gasteiger partial charge on any atom is -0.458 e. The molecule has 4 heterocycles. The molecule has 0 aromatic rings. The highest BCUT2D eigenvalue weighted by atomic mass is 16.7. The van der Waals surface area contributed by atoms with Crippen LogP contribution in [-0.2, 0) is 47.5 Å². The zero-order valence-electron chi connectivity index (χ0n) is 34.8. The van der Waals surface area contributed by atoms with Crippen molar-refractivity contribution < 1.29 is 73.0 Å². The first kappa shape index (κ1) is 42.9. The topological polar surface area (TPSA) is 209 Å². The van der Waals surface area contributed by atoms with Crippen molar-refractivity contribution in [3.05, 3.63) is 11.6 Å². The van der Waals surface area contributed by atoms with Crippen LogP contribution in [0.2, 0.25) is 0 Å². The molecule has 8 aliphatic rings. The van der Waals surface area contributed by atoms with E-state index in [0.717, 1.165) is 44.1 Å². The molecule has 15 heteroatoms. The lowest BCUT2D eigenvalue weighted by atomic mass is 9.42. The first-order valence-corrected chi connectivity index (χ1v) is 21.8. The fourth-order valence-electron chi connectivity index (χ4n) is 13.1. The maximum absolute atomic E-state index is 12.6. The van der Waals surface area contributed by atoms with Gasteiger partial charge in [-0.25, -0.2) is 4.79 Å². The summed E-state index contributed by atoms with van der Waals surface area (Å²) in [6, 6.07) is 0. The number of carbonyl (C=O) groups is 2. The lowest BCUT2D eigenvalue weighted by Crippen LogP contribution is -2.67. The molecule has 58 heavy (non-hydrogen) atoms. The quantitative estimate of drug-likeness (QED) is 0.176. The van der Waals surface area contributed by atoms with Gasteiger partial charge in [0.05, 0.1) is 54.4 Å². The zero-order chi connectivity index (χ0) is 41.5. The summed E-state index contributed by atoms with van der Waals surface area (Å²) in [7, 11) is 0. The van der Waals surface area contributed by atoms with Gasteiger partial charge in [-0.2, -0.15) is 0 Å². The molecule has 4 saturated carbocycles. The maximum atomic E-state index is 12.6. The average Bonchev–Trinajstić information content (AvgIpc) is 3.70. The molecule has 2 unspecified atom stereocenters. The van der Waals surface area contributed by atoms with Gasteiger partial charge in [-0.15, -0.1) is 0 Å². The second-order valence-corrected chi connectivity index (χ2v) is 19.4. The Morgan fingerprint density at radius 2 is 1.29 bits per heavy atom. The maximum Gasteiger partial charge on any atom is 0.331 e. The fourth-order valence-corrected chi connectivity index (χ4v) is 13.1. The van der Waals surface area contributed by atoms with Crippen molar-refractivity contribution in [3.63, 3.8) is 0 Å². The predicted molar refractivity (Wildman–Crippen MR) is 202 cm³/mol. The summed E-state index contributed by atoms with van der Waals surface area (Å²) in [5, 5.41) is 57.5. The monoisotopic (exact) mass is 822 g/mol. The molecule has 8 rings (SSSR count). The van der Waals surface area contributed by atoms with Crippen LogP contribution in [0.3, 0.4) is 0 Å². The van der Waals surface area contributed by atoms with Gasteiger partial charge in [0.15, 0.2) is 25.0 Å². The van der Waals surface area contributed by atoms with Crippen LogP contribution in [0.15, 0.2) is 11.6 Å². The van der Waals surface area contributed by atoms with Crippen LogP contribution in [0.1, 0.15) is 112 Å². The number of esters is 2. The zero-order valence-corrected chi connectivity index (χ0v) is 34.8. The van der Waals surface area contributed by atoms with Crippen molar-refractivity contribution in [2.75, 3.05) is 6.61 Å². The van der Waals surface area contributed by atoms with E-state index in [0.29, 0.717) is 18.8 Å². The van der Waals surface area contributed by atoms with Crippen LogP contribution < -0.4 is 0 Å². The molecule has 0 amide bonds. The Labute approximate surface area is 341 Å².